The highest BCUT2D eigenvalue weighted by Gasteiger charge is 1.89. The number of hydrogen-bond acceptors (Lipinski definition) is 1. The van der Waals surface area contributed by atoms with Gasteiger partial charge in [0.05, 0.1) is 7.11 Å². The maximum atomic E-state index is 5.79. The molecule has 0 aliphatic heterocycles. The smallest absolute Gasteiger partial charge is 0.0700 e. The number of halogens is 1. The second kappa shape index (κ2) is 7.49. The molecule has 0 saturated carbocycles. The van der Waals surface area contributed by atoms with Crippen LogP contribution in [0.2, 0.25) is 5.02 Å². The summed E-state index contributed by atoms with van der Waals surface area (Å²) < 4.78 is 4.72. The van der Waals surface area contributed by atoms with E-state index in [9.17, 15) is 0 Å². The van der Waals surface area contributed by atoms with Crippen molar-refractivity contribution in [3.8, 4) is 0 Å². The highest BCUT2D eigenvalue weighted by atomic mass is 35.5. The number of hydrogen-bond donors (Lipinski definition) is 0. The lowest BCUT2D eigenvalue weighted by atomic mass is 10.1. The van der Waals surface area contributed by atoms with E-state index in [4.69, 9.17) is 16.3 Å². The molecule has 0 N–H and O–H groups in total. The average Bonchev–Trinajstić information content (AvgIpc) is 2.26. The van der Waals surface area contributed by atoms with E-state index in [1.165, 1.54) is 5.56 Å². The Morgan fingerprint density at radius 3 is 2.60 bits per heavy atom. The summed E-state index contributed by atoms with van der Waals surface area (Å²) in [6.07, 6.45) is 7.38. The Balaban J connectivity index is 2.22. The molecule has 2 heteroatoms. The van der Waals surface area contributed by atoms with Crippen LogP contribution in [0.15, 0.2) is 36.4 Å². The van der Waals surface area contributed by atoms with E-state index in [0.717, 1.165) is 30.9 Å². The zero-order chi connectivity index (χ0) is 10.9. The van der Waals surface area contributed by atoms with Gasteiger partial charge in [0.15, 0.2) is 0 Å². The van der Waals surface area contributed by atoms with Crippen LogP contribution in [0.5, 0.6) is 0 Å². The lowest BCUT2D eigenvalue weighted by Crippen LogP contribution is -1.84. The highest BCUT2D eigenvalue weighted by molar-refractivity contribution is 6.30. The Labute approximate surface area is 96.7 Å². The third-order valence-corrected chi connectivity index (χ3v) is 2.34. The first-order valence-electron chi connectivity index (χ1n) is 5.09. The molecule has 81 valence electrons. The molecule has 0 aliphatic carbocycles. The summed E-state index contributed by atoms with van der Waals surface area (Å²) in [5, 5.41) is 0.787. The third-order valence-electron chi connectivity index (χ3n) is 2.09. The molecule has 0 amide bonds. The molecule has 0 aliphatic rings. The second-order valence-electron chi connectivity index (χ2n) is 3.35. The van der Waals surface area contributed by atoms with Crippen molar-refractivity contribution in [1.29, 1.82) is 0 Å². The lowest BCUT2D eigenvalue weighted by molar-refractivity contribution is 0.238. The van der Waals surface area contributed by atoms with Crippen molar-refractivity contribution in [3.05, 3.63) is 54.1 Å². The van der Waals surface area contributed by atoms with Crippen LogP contribution >= 0.6 is 11.6 Å². The van der Waals surface area contributed by atoms with Crippen LogP contribution in [0.1, 0.15) is 18.4 Å². The maximum absolute atomic E-state index is 5.79. The van der Waals surface area contributed by atoms with Gasteiger partial charge in [-0.25, -0.2) is 0 Å². The Morgan fingerprint density at radius 1 is 1.20 bits per heavy atom. The van der Waals surface area contributed by atoms with Gasteiger partial charge < -0.3 is 4.74 Å². The van der Waals surface area contributed by atoms with Crippen molar-refractivity contribution in [1.82, 2.24) is 0 Å². The van der Waals surface area contributed by atoms with Gasteiger partial charge in [-0.15, -0.1) is 0 Å². The summed E-state index contributed by atoms with van der Waals surface area (Å²) in [6, 6.07) is 7.93. The minimum absolute atomic E-state index is 0.727. The third kappa shape index (κ3) is 5.60. The first kappa shape index (κ1) is 12.3. The predicted molar refractivity (Wildman–Crippen MR) is 64.8 cm³/mol. The molecule has 1 rings (SSSR count). The molecule has 0 atom stereocenters. The summed E-state index contributed by atoms with van der Waals surface area (Å²) in [4.78, 5) is 0. The normalized spacial score (nSPS) is 11.1. The van der Waals surface area contributed by atoms with Crippen LogP contribution in [0, 0.1) is 7.11 Å². The van der Waals surface area contributed by atoms with E-state index < -0.39 is 0 Å². The van der Waals surface area contributed by atoms with E-state index in [2.05, 4.69) is 19.3 Å². The van der Waals surface area contributed by atoms with Crippen LogP contribution in [-0.4, -0.2) is 6.61 Å². The molecule has 0 spiro atoms. The largest absolute Gasteiger partial charge is 0.379 e. The van der Waals surface area contributed by atoms with Crippen molar-refractivity contribution in [2.45, 2.75) is 19.3 Å². The van der Waals surface area contributed by atoms with Crippen molar-refractivity contribution in [2.75, 3.05) is 6.61 Å². The molecule has 1 nitrogen and oxygen atoms in total. The zero-order valence-electron chi connectivity index (χ0n) is 8.79. The SMILES string of the molecule is [CH2]OCCCC=CCc1ccc(Cl)cc1. The molecule has 1 aromatic rings. The van der Waals surface area contributed by atoms with Gasteiger partial charge in [-0.05, 0) is 37.0 Å². The molecular formula is C13H16ClO. The van der Waals surface area contributed by atoms with Gasteiger partial charge in [0.1, 0.15) is 0 Å². The van der Waals surface area contributed by atoms with Crippen LogP contribution in [0.3, 0.4) is 0 Å². The topological polar surface area (TPSA) is 9.23 Å². The van der Waals surface area contributed by atoms with Crippen LogP contribution in [-0.2, 0) is 11.2 Å². The van der Waals surface area contributed by atoms with E-state index in [-0.39, 0.29) is 0 Å². The first-order chi connectivity index (χ1) is 7.33. The molecule has 0 aromatic heterocycles. The number of unbranched alkanes of at least 4 members (excludes halogenated alkanes) is 1. The van der Waals surface area contributed by atoms with Crippen LogP contribution in [0.4, 0.5) is 0 Å². The molecule has 1 aromatic carbocycles. The number of allylic oxidation sites excluding steroid dienone is 2. The number of rotatable bonds is 6. The van der Waals surface area contributed by atoms with Crippen molar-refractivity contribution >= 4 is 11.6 Å². The minimum Gasteiger partial charge on any atom is -0.379 e. The summed E-state index contributed by atoms with van der Waals surface area (Å²) in [5.74, 6) is 0. The molecule has 0 heterocycles. The van der Waals surface area contributed by atoms with E-state index in [0.29, 0.717) is 0 Å². The highest BCUT2D eigenvalue weighted by Crippen LogP contribution is 2.10. The maximum Gasteiger partial charge on any atom is 0.0700 e. The van der Waals surface area contributed by atoms with Crippen molar-refractivity contribution in [3.63, 3.8) is 0 Å². The molecule has 0 fully saturated rings. The van der Waals surface area contributed by atoms with Crippen LogP contribution < -0.4 is 0 Å². The van der Waals surface area contributed by atoms with E-state index >= 15 is 0 Å². The molecule has 0 bridgehead atoms. The molecular weight excluding hydrogens is 208 g/mol. The standard InChI is InChI=1S/C13H16ClO/c1-15-11-5-3-2-4-6-12-7-9-13(14)10-8-12/h2,4,7-10H,1,3,5-6,11H2. The Hall–Kier alpha value is -0.790. The lowest BCUT2D eigenvalue weighted by Gasteiger charge is -1.96. The predicted octanol–water partition coefficient (Wildman–Crippen LogP) is 4.03. The quantitative estimate of drug-likeness (QED) is 0.523. The fraction of sp³-hybridized carbons (Fsp3) is 0.308. The van der Waals surface area contributed by atoms with Crippen LogP contribution in [0.25, 0.3) is 0 Å². The molecule has 1 radical (unpaired) electrons. The fourth-order valence-corrected chi connectivity index (χ4v) is 1.39. The Bertz CT molecular complexity index is 290. The fourth-order valence-electron chi connectivity index (χ4n) is 1.26. The van der Waals surface area contributed by atoms with Gasteiger partial charge in [0, 0.05) is 11.6 Å². The van der Waals surface area contributed by atoms with Gasteiger partial charge in [0.2, 0.25) is 0 Å². The van der Waals surface area contributed by atoms with Crippen molar-refractivity contribution in [2.24, 2.45) is 0 Å². The van der Waals surface area contributed by atoms with Gasteiger partial charge in [-0.3, -0.25) is 0 Å². The summed E-state index contributed by atoms with van der Waals surface area (Å²) >= 11 is 5.79. The van der Waals surface area contributed by atoms with Gasteiger partial charge in [0.25, 0.3) is 0 Å². The monoisotopic (exact) mass is 223 g/mol. The van der Waals surface area contributed by atoms with Gasteiger partial charge in [-0.1, -0.05) is 35.9 Å². The summed E-state index contributed by atoms with van der Waals surface area (Å²) in [5.41, 5.74) is 1.28. The molecule has 0 saturated heterocycles. The summed E-state index contributed by atoms with van der Waals surface area (Å²) in [7, 11) is 3.32. The first-order valence-corrected chi connectivity index (χ1v) is 5.47. The number of benzene rings is 1. The summed E-state index contributed by atoms with van der Waals surface area (Å²) in [6.45, 7) is 0.727. The van der Waals surface area contributed by atoms with E-state index in [1.807, 2.05) is 24.3 Å². The average molecular weight is 224 g/mol. The van der Waals surface area contributed by atoms with Crippen molar-refractivity contribution < 1.29 is 4.74 Å². The second-order valence-corrected chi connectivity index (χ2v) is 3.79. The zero-order valence-corrected chi connectivity index (χ0v) is 9.54. The minimum atomic E-state index is 0.727. The van der Waals surface area contributed by atoms with E-state index in [1.54, 1.807) is 0 Å². The van der Waals surface area contributed by atoms with Gasteiger partial charge >= 0.3 is 0 Å². The molecule has 0 unspecified atom stereocenters. The molecule has 15 heavy (non-hydrogen) atoms. The Morgan fingerprint density at radius 2 is 1.93 bits per heavy atom. The van der Waals surface area contributed by atoms with Gasteiger partial charge in [-0.2, -0.15) is 0 Å². The Kier molecular flexibility index (Phi) is 6.14. The number of ether oxygens (including phenoxy) is 1.